The van der Waals surface area contributed by atoms with Crippen molar-refractivity contribution in [1.29, 1.82) is 0 Å². The summed E-state index contributed by atoms with van der Waals surface area (Å²) in [6, 6.07) is 1.38. The van der Waals surface area contributed by atoms with Crippen LogP contribution in [0.3, 0.4) is 0 Å². The number of aliphatic hydroxyl groups excluding tert-OH is 1. The summed E-state index contributed by atoms with van der Waals surface area (Å²) in [5.74, 6) is 0. The Hall–Kier alpha value is -0.120. The van der Waals surface area contributed by atoms with Gasteiger partial charge in [0.1, 0.15) is 0 Å². The van der Waals surface area contributed by atoms with Crippen LogP contribution in [0.1, 0.15) is 33.1 Å². The highest BCUT2D eigenvalue weighted by Crippen LogP contribution is 2.21. The summed E-state index contributed by atoms with van der Waals surface area (Å²) in [4.78, 5) is 2.51. The Kier molecular flexibility index (Phi) is 5.45. The minimum Gasteiger partial charge on any atom is -0.394 e. The van der Waals surface area contributed by atoms with Crippen LogP contribution in [0.4, 0.5) is 0 Å². The van der Waals surface area contributed by atoms with Gasteiger partial charge in [-0.2, -0.15) is 0 Å². The van der Waals surface area contributed by atoms with E-state index in [1.165, 1.54) is 19.3 Å². The first-order valence-electron chi connectivity index (χ1n) is 5.70. The van der Waals surface area contributed by atoms with E-state index in [-0.39, 0.29) is 6.61 Å². The predicted molar refractivity (Wildman–Crippen MR) is 57.4 cm³/mol. The maximum absolute atomic E-state index is 8.57. The fourth-order valence-corrected chi connectivity index (χ4v) is 2.25. The van der Waals surface area contributed by atoms with Gasteiger partial charge in [-0.1, -0.05) is 6.42 Å². The molecule has 0 aromatic carbocycles. The monoisotopic (exact) mass is 201 g/mol. The van der Waals surface area contributed by atoms with Crippen LogP contribution >= 0.6 is 0 Å². The highest BCUT2D eigenvalue weighted by molar-refractivity contribution is 4.78. The molecular weight excluding hydrogens is 178 g/mol. The summed E-state index contributed by atoms with van der Waals surface area (Å²) >= 11 is 0. The fourth-order valence-electron chi connectivity index (χ4n) is 2.25. The zero-order chi connectivity index (χ0) is 10.4. The molecule has 1 fully saturated rings. The number of rotatable bonds is 5. The maximum atomic E-state index is 8.57. The number of hydrogen-bond donors (Lipinski definition) is 1. The third kappa shape index (κ3) is 3.56. The van der Waals surface area contributed by atoms with Crippen LogP contribution < -0.4 is 0 Å². The van der Waals surface area contributed by atoms with Gasteiger partial charge in [0, 0.05) is 18.6 Å². The average Bonchev–Trinajstić information content (AvgIpc) is 2.16. The van der Waals surface area contributed by atoms with Gasteiger partial charge >= 0.3 is 0 Å². The van der Waals surface area contributed by atoms with Crippen LogP contribution in [-0.4, -0.2) is 48.5 Å². The fraction of sp³-hybridized carbons (Fsp3) is 1.00. The molecule has 1 aliphatic rings. The van der Waals surface area contributed by atoms with Gasteiger partial charge in [-0.15, -0.1) is 0 Å². The highest BCUT2D eigenvalue weighted by atomic mass is 16.5. The topological polar surface area (TPSA) is 32.7 Å². The first-order valence-corrected chi connectivity index (χ1v) is 5.70. The SMILES string of the molecule is CC1CCCC(C)N1CCOCCO. The zero-order valence-electron chi connectivity index (χ0n) is 9.41. The quantitative estimate of drug-likeness (QED) is 0.680. The van der Waals surface area contributed by atoms with Crippen molar-refractivity contribution < 1.29 is 9.84 Å². The Morgan fingerprint density at radius 1 is 1.21 bits per heavy atom. The van der Waals surface area contributed by atoms with Gasteiger partial charge in [-0.05, 0) is 26.7 Å². The molecule has 0 bridgehead atoms. The van der Waals surface area contributed by atoms with Crippen LogP contribution in [0.5, 0.6) is 0 Å². The maximum Gasteiger partial charge on any atom is 0.0698 e. The molecular formula is C11H23NO2. The number of ether oxygens (including phenoxy) is 1. The Morgan fingerprint density at radius 3 is 2.43 bits per heavy atom. The van der Waals surface area contributed by atoms with Gasteiger partial charge in [0.25, 0.3) is 0 Å². The molecule has 0 spiro atoms. The number of nitrogens with zero attached hydrogens (tertiary/aromatic N) is 1. The summed E-state index contributed by atoms with van der Waals surface area (Å²) in [7, 11) is 0. The van der Waals surface area contributed by atoms with Crippen molar-refractivity contribution in [2.24, 2.45) is 0 Å². The number of piperidine rings is 1. The van der Waals surface area contributed by atoms with Gasteiger partial charge < -0.3 is 9.84 Å². The molecule has 2 unspecified atom stereocenters. The van der Waals surface area contributed by atoms with Gasteiger partial charge in [0.15, 0.2) is 0 Å². The third-order valence-electron chi connectivity index (χ3n) is 3.11. The van der Waals surface area contributed by atoms with E-state index in [9.17, 15) is 0 Å². The molecule has 0 radical (unpaired) electrons. The van der Waals surface area contributed by atoms with Crippen LogP contribution in [0.25, 0.3) is 0 Å². The Morgan fingerprint density at radius 2 is 1.86 bits per heavy atom. The van der Waals surface area contributed by atoms with Gasteiger partial charge in [-0.25, -0.2) is 0 Å². The molecule has 3 nitrogen and oxygen atoms in total. The van der Waals surface area contributed by atoms with E-state index >= 15 is 0 Å². The molecule has 0 aromatic rings. The number of likely N-dealkylation sites (tertiary alicyclic amines) is 1. The van der Waals surface area contributed by atoms with E-state index in [1.54, 1.807) is 0 Å². The van der Waals surface area contributed by atoms with Crippen molar-refractivity contribution in [2.75, 3.05) is 26.4 Å². The molecule has 0 aliphatic carbocycles. The van der Waals surface area contributed by atoms with Crippen molar-refractivity contribution in [2.45, 2.75) is 45.2 Å². The predicted octanol–water partition coefficient (Wildman–Crippen LogP) is 1.26. The summed E-state index contributed by atoms with van der Waals surface area (Å²) in [5.41, 5.74) is 0. The van der Waals surface area contributed by atoms with Gasteiger partial charge in [-0.3, -0.25) is 4.90 Å². The molecule has 0 amide bonds. The largest absolute Gasteiger partial charge is 0.394 e. The molecule has 84 valence electrons. The van der Waals surface area contributed by atoms with E-state index in [1.807, 2.05) is 0 Å². The van der Waals surface area contributed by atoms with Crippen LogP contribution in [-0.2, 0) is 4.74 Å². The lowest BCUT2D eigenvalue weighted by Crippen LogP contribution is -2.45. The summed E-state index contributed by atoms with van der Waals surface area (Å²) < 4.78 is 5.29. The lowest BCUT2D eigenvalue weighted by molar-refractivity contribution is 0.0373. The lowest BCUT2D eigenvalue weighted by atomic mass is 9.98. The molecule has 14 heavy (non-hydrogen) atoms. The molecule has 1 N–H and O–H groups in total. The molecule has 2 atom stereocenters. The third-order valence-corrected chi connectivity index (χ3v) is 3.11. The molecule has 1 aliphatic heterocycles. The standard InChI is InChI=1S/C11H23NO2/c1-10-4-3-5-11(2)12(10)6-8-14-9-7-13/h10-11,13H,3-9H2,1-2H3. The summed E-state index contributed by atoms with van der Waals surface area (Å²) in [6.45, 7) is 6.93. The van der Waals surface area contributed by atoms with E-state index < -0.39 is 0 Å². The van der Waals surface area contributed by atoms with Crippen molar-refractivity contribution in [3.05, 3.63) is 0 Å². The van der Waals surface area contributed by atoms with Crippen molar-refractivity contribution in [3.63, 3.8) is 0 Å². The Balaban J connectivity index is 2.19. The molecule has 1 saturated heterocycles. The minimum atomic E-state index is 0.130. The van der Waals surface area contributed by atoms with E-state index in [4.69, 9.17) is 9.84 Å². The smallest absolute Gasteiger partial charge is 0.0698 e. The van der Waals surface area contributed by atoms with Crippen molar-refractivity contribution in [3.8, 4) is 0 Å². The number of aliphatic hydroxyl groups is 1. The van der Waals surface area contributed by atoms with E-state index in [0.29, 0.717) is 18.7 Å². The minimum absolute atomic E-state index is 0.130. The second-order valence-electron chi connectivity index (χ2n) is 4.20. The van der Waals surface area contributed by atoms with Crippen molar-refractivity contribution >= 4 is 0 Å². The van der Waals surface area contributed by atoms with Crippen LogP contribution in [0.2, 0.25) is 0 Å². The Labute approximate surface area is 87.1 Å². The lowest BCUT2D eigenvalue weighted by Gasteiger charge is -2.38. The summed E-state index contributed by atoms with van der Waals surface area (Å²) in [5, 5.41) is 8.57. The van der Waals surface area contributed by atoms with Gasteiger partial charge in [0.2, 0.25) is 0 Å². The first-order chi connectivity index (χ1) is 6.75. The zero-order valence-corrected chi connectivity index (χ0v) is 9.41. The second kappa shape index (κ2) is 6.38. The average molecular weight is 201 g/mol. The molecule has 3 heteroatoms. The van der Waals surface area contributed by atoms with Gasteiger partial charge in [0.05, 0.1) is 19.8 Å². The second-order valence-corrected chi connectivity index (χ2v) is 4.20. The molecule has 1 rings (SSSR count). The van der Waals surface area contributed by atoms with E-state index in [0.717, 1.165) is 13.2 Å². The molecule has 1 heterocycles. The Bertz CT molecular complexity index is 142. The normalized spacial score (nSPS) is 29.4. The highest BCUT2D eigenvalue weighted by Gasteiger charge is 2.23. The van der Waals surface area contributed by atoms with E-state index in [2.05, 4.69) is 18.7 Å². The van der Waals surface area contributed by atoms with Crippen LogP contribution in [0, 0.1) is 0 Å². The van der Waals surface area contributed by atoms with Crippen molar-refractivity contribution in [1.82, 2.24) is 4.90 Å². The molecule has 0 saturated carbocycles. The number of hydrogen-bond acceptors (Lipinski definition) is 3. The molecule has 0 aromatic heterocycles. The first kappa shape index (κ1) is 12.0. The van der Waals surface area contributed by atoms with Crippen LogP contribution in [0.15, 0.2) is 0 Å². The summed E-state index contributed by atoms with van der Waals surface area (Å²) in [6.07, 6.45) is 3.98.